The van der Waals surface area contributed by atoms with Gasteiger partial charge in [0.15, 0.2) is 5.52 Å². The van der Waals surface area contributed by atoms with Gasteiger partial charge >= 0.3 is 0 Å². The van der Waals surface area contributed by atoms with Crippen molar-refractivity contribution < 1.29 is 4.63 Å². The highest BCUT2D eigenvalue weighted by Gasteiger charge is 2.15. The Morgan fingerprint density at radius 1 is 1.23 bits per heavy atom. The second kappa shape index (κ2) is 6.64. The average molecular weight is 364 g/mol. The van der Waals surface area contributed by atoms with E-state index >= 15 is 0 Å². The molecule has 0 amide bonds. The van der Waals surface area contributed by atoms with Gasteiger partial charge in [-0.3, -0.25) is 9.98 Å². The first-order valence-electron chi connectivity index (χ1n) is 7.99. The number of hydrogen-bond donors (Lipinski definition) is 1. The van der Waals surface area contributed by atoms with E-state index in [9.17, 15) is 0 Å². The molecule has 0 bridgehead atoms. The summed E-state index contributed by atoms with van der Waals surface area (Å²) in [6, 6.07) is 8.19. The predicted octanol–water partition coefficient (Wildman–Crippen LogP) is 3.42. The molecule has 0 saturated carbocycles. The Morgan fingerprint density at radius 2 is 2.12 bits per heavy atom. The van der Waals surface area contributed by atoms with Crippen LogP contribution in [0.15, 0.2) is 40.1 Å². The van der Waals surface area contributed by atoms with Gasteiger partial charge in [0.1, 0.15) is 0 Å². The summed E-state index contributed by atoms with van der Waals surface area (Å²) in [5, 5.41) is 7.58. The number of aromatic nitrogens is 4. The lowest BCUT2D eigenvalue weighted by molar-refractivity contribution is 0.315. The Bertz CT molecular complexity index is 1080. The Hall–Kier alpha value is -3.13. The number of fused-ring (bicyclic) bond motifs is 1. The van der Waals surface area contributed by atoms with Gasteiger partial charge in [-0.15, -0.1) is 11.3 Å². The molecule has 0 aliphatic heterocycles. The number of aliphatic imine (C=N–C) groups is 1. The molecule has 0 fully saturated rings. The second-order valence-electron chi connectivity index (χ2n) is 5.90. The van der Waals surface area contributed by atoms with Crippen LogP contribution in [0.3, 0.4) is 0 Å². The maximum atomic E-state index is 6.23. The third-order valence-electron chi connectivity index (χ3n) is 4.15. The molecule has 8 heteroatoms. The van der Waals surface area contributed by atoms with Crippen LogP contribution >= 0.6 is 11.3 Å². The smallest absolute Gasteiger partial charge is 0.226 e. The fourth-order valence-corrected chi connectivity index (χ4v) is 3.74. The van der Waals surface area contributed by atoms with Gasteiger partial charge in [0.25, 0.3) is 0 Å². The van der Waals surface area contributed by atoms with Gasteiger partial charge in [0.05, 0.1) is 22.8 Å². The highest BCUT2D eigenvalue weighted by molar-refractivity contribution is 7.15. The van der Waals surface area contributed by atoms with E-state index in [-0.39, 0.29) is 0 Å². The Morgan fingerprint density at radius 3 is 2.88 bits per heavy atom. The first-order valence-corrected chi connectivity index (χ1v) is 8.81. The first kappa shape index (κ1) is 16.3. The first-order chi connectivity index (χ1) is 12.7. The van der Waals surface area contributed by atoms with Crippen molar-refractivity contribution in [2.75, 3.05) is 5.73 Å². The Labute approximate surface area is 153 Å². The summed E-state index contributed by atoms with van der Waals surface area (Å²) in [6.07, 6.45) is 2.49. The molecule has 0 unspecified atom stereocenters. The van der Waals surface area contributed by atoms with E-state index in [2.05, 4.69) is 50.2 Å². The fraction of sp³-hybridized carbons (Fsp3) is 0.167. The third kappa shape index (κ3) is 2.95. The molecule has 4 heterocycles. The summed E-state index contributed by atoms with van der Waals surface area (Å²) in [6.45, 7) is 6.07. The van der Waals surface area contributed by atoms with Crippen molar-refractivity contribution in [1.82, 2.24) is 20.3 Å². The molecule has 0 atom stereocenters. The SMILES string of the molecule is C=NCc1ccc(-c2ccc(Cc3c(C)nc4nonc4c3N)cn2)s1. The molecule has 4 rings (SSSR count). The van der Waals surface area contributed by atoms with Gasteiger partial charge < -0.3 is 5.73 Å². The zero-order valence-corrected chi connectivity index (χ0v) is 15.0. The van der Waals surface area contributed by atoms with Gasteiger partial charge in [0, 0.05) is 28.8 Å². The summed E-state index contributed by atoms with van der Waals surface area (Å²) < 4.78 is 4.73. The molecule has 0 aliphatic rings. The van der Waals surface area contributed by atoms with Gasteiger partial charge in [-0.05, 0) is 47.7 Å². The predicted molar refractivity (Wildman–Crippen MR) is 102 cm³/mol. The van der Waals surface area contributed by atoms with Crippen molar-refractivity contribution in [2.45, 2.75) is 19.9 Å². The highest BCUT2D eigenvalue weighted by atomic mass is 32.1. The van der Waals surface area contributed by atoms with Crippen LogP contribution in [0.5, 0.6) is 0 Å². The van der Waals surface area contributed by atoms with Crippen LogP contribution in [-0.4, -0.2) is 27.0 Å². The van der Waals surface area contributed by atoms with Gasteiger partial charge in [-0.25, -0.2) is 9.61 Å². The van der Waals surface area contributed by atoms with Crippen LogP contribution in [-0.2, 0) is 13.0 Å². The van der Waals surface area contributed by atoms with Gasteiger partial charge in [0.2, 0.25) is 5.65 Å². The van der Waals surface area contributed by atoms with E-state index in [1.807, 2.05) is 19.2 Å². The monoisotopic (exact) mass is 364 g/mol. The summed E-state index contributed by atoms with van der Waals surface area (Å²) >= 11 is 1.68. The van der Waals surface area contributed by atoms with Crippen LogP contribution in [0.4, 0.5) is 5.69 Å². The van der Waals surface area contributed by atoms with E-state index in [1.165, 1.54) is 4.88 Å². The maximum Gasteiger partial charge on any atom is 0.226 e. The third-order valence-corrected chi connectivity index (χ3v) is 5.24. The van der Waals surface area contributed by atoms with Crippen molar-refractivity contribution in [3.05, 3.63) is 52.2 Å². The number of nitrogen functional groups attached to an aromatic ring is 1. The lowest BCUT2D eigenvalue weighted by Gasteiger charge is -2.09. The van der Waals surface area contributed by atoms with E-state index in [0.717, 1.165) is 27.4 Å². The van der Waals surface area contributed by atoms with Crippen molar-refractivity contribution in [1.29, 1.82) is 0 Å². The molecule has 0 radical (unpaired) electrons. The van der Waals surface area contributed by atoms with Gasteiger partial charge in [-0.1, -0.05) is 6.07 Å². The van der Waals surface area contributed by atoms with Crippen LogP contribution in [0.2, 0.25) is 0 Å². The summed E-state index contributed by atoms with van der Waals surface area (Å²) in [4.78, 5) is 15.2. The van der Waals surface area contributed by atoms with Crippen LogP contribution in [0.1, 0.15) is 21.7 Å². The van der Waals surface area contributed by atoms with Crippen molar-refractivity contribution >= 4 is 34.9 Å². The Kier molecular flexibility index (Phi) is 4.18. The summed E-state index contributed by atoms with van der Waals surface area (Å²) in [5.74, 6) is 0. The van der Waals surface area contributed by atoms with E-state index in [4.69, 9.17) is 10.4 Å². The quantitative estimate of drug-likeness (QED) is 0.544. The molecular weight excluding hydrogens is 348 g/mol. The van der Waals surface area contributed by atoms with E-state index < -0.39 is 0 Å². The topological polar surface area (TPSA) is 103 Å². The number of nitrogens with two attached hydrogens (primary N) is 1. The number of rotatable bonds is 5. The standard InChI is InChI=1S/C18H16N6OS/c1-10-13(16(19)17-18(22-10)24-25-23-17)7-11-3-5-14(21-8-11)15-6-4-12(26-15)9-20-2/h3-6,8H,2,7,9,19H2,1H3. The minimum absolute atomic E-state index is 0.430. The molecule has 0 aliphatic carbocycles. The van der Waals surface area contributed by atoms with Crippen LogP contribution in [0, 0.1) is 6.92 Å². The number of aryl methyl sites for hydroxylation is 1. The molecular formula is C18H16N6OS. The number of anilines is 1. The maximum absolute atomic E-state index is 6.23. The van der Waals surface area contributed by atoms with E-state index in [0.29, 0.717) is 29.8 Å². The molecule has 0 aromatic carbocycles. The molecule has 26 heavy (non-hydrogen) atoms. The number of pyridine rings is 2. The van der Waals surface area contributed by atoms with Crippen LogP contribution < -0.4 is 5.73 Å². The molecule has 4 aromatic rings. The number of hydrogen-bond acceptors (Lipinski definition) is 8. The molecule has 4 aromatic heterocycles. The van der Waals surface area contributed by atoms with Crippen molar-refractivity contribution in [2.24, 2.45) is 4.99 Å². The minimum Gasteiger partial charge on any atom is -0.396 e. The summed E-state index contributed by atoms with van der Waals surface area (Å²) in [5.41, 5.74) is 11.4. The van der Waals surface area contributed by atoms with Crippen molar-refractivity contribution in [3.63, 3.8) is 0 Å². The van der Waals surface area contributed by atoms with Crippen LogP contribution in [0.25, 0.3) is 21.7 Å². The summed E-state index contributed by atoms with van der Waals surface area (Å²) in [7, 11) is 0. The van der Waals surface area contributed by atoms with Crippen molar-refractivity contribution in [3.8, 4) is 10.6 Å². The van der Waals surface area contributed by atoms with E-state index in [1.54, 1.807) is 11.3 Å². The number of nitrogens with zero attached hydrogens (tertiary/aromatic N) is 5. The average Bonchev–Trinajstić information content (AvgIpc) is 3.29. The molecule has 2 N–H and O–H groups in total. The van der Waals surface area contributed by atoms with Gasteiger partial charge in [-0.2, -0.15) is 0 Å². The molecule has 0 saturated heterocycles. The fourth-order valence-electron chi connectivity index (χ4n) is 2.80. The molecule has 0 spiro atoms. The zero-order valence-electron chi connectivity index (χ0n) is 14.1. The molecule has 130 valence electrons. The highest BCUT2D eigenvalue weighted by Crippen LogP contribution is 2.29. The lowest BCUT2D eigenvalue weighted by Crippen LogP contribution is -2.03. The molecule has 7 nitrogen and oxygen atoms in total. The minimum atomic E-state index is 0.430. The largest absolute Gasteiger partial charge is 0.396 e. The lowest BCUT2D eigenvalue weighted by atomic mass is 10.0. The number of thiophene rings is 1. The normalized spacial score (nSPS) is 11.1. The zero-order chi connectivity index (χ0) is 18.1. The Balaban J connectivity index is 1.60. The second-order valence-corrected chi connectivity index (χ2v) is 7.07.